The molecule has 6 heteroatoms. The first-order valence-electron chi connectivity index (χ1n) is 7.51. The fourth-order valence-corrected chi connectivity index (χ4v) is 1.79. The van der Waals surface area contributed by atoms with Gasteiger partial charge in [0, 0.05) is 19.8 Å². The van der Waals surface area contributed by atoms with Crippen LogP contribution in [0, 0.1) is 0 Å². The minimum Gasteiger partial charge on any atom is -0.396 e. The molecule has 1 rings (SSSR count). The van der Waals surface area contributed by atoms with Gasteiger partial charge in [-0.05, 0) is 25.7 Å². The Kier molecular flexibility index (Phi) is 12.2. The molecule has 1 fully saturated rings. The summed E-state index contributed by atoms with van der Waals surface area (Å²) < 4.78 is 26.9. The molecule has 1 N–H and O–H groups in total. The zero-order chi connectivity index (χ0) is 14.3. The smallest absolute Gasteiger partial charge is 0.157 e. The van der Waals surface area contributed by atoms with Gasteiger partial charge in [-0.25, -0.2) is 0 Å². The minimum absolute atomic E-state index is 0.0420. The first-order chi connectivity index (χ1) is 9.93. The van der Waals surface area contributed by atoms with Crippen LogP contribution < -0.4 is 0 Å². The molecule has 0 radical (unpaired) electrons. The van der Waals surface area contributed by atoms with Crippen LogP contribution in [0.1, 0.15) is 25.7 Å². The van der Waals surface area contributed by atoms with Gasteiger partial charge in [0.05, 0.1) is 39.6 Å². The Balaban J connectivity index is 1.70. The highest BCUT2D eigenvalue weighted by molar-refractivity contribution is 4.53. The molecule has 20 heavy (non-hydrogen) atoms. The average Bonchev–Trinajstić information content (AvgIpc) is 2.49. The third-order valence-electron chi connectivity index (χ3n) is 2.86. The molecule has 0 spiro atoms. The van der Waals surface area contributed by atoms with Crippen LogP contribution in [-0.2, 0) is 23.7 Å². The molecule has 0 amide bonds. The summed E-state index contributed by atoms with van der Waals surface area (Å²) in [5, 5.41) is 8.55. The second-order valence-corrected chi connectivity index (χ2v) is 4.58. The lowest BCUT2D eigenvalue weighted by molar-refractivity contribution is -0.169. The quantitative estimate of drug-likeness (QED) is 0.510. The van der Waals surface area contributed by atoms with Gasteiger partial charge in [0.15, 0.2) is 6.29 Å². The summed E-state index contributed by atoms with van der Waals surface area (Å²) in [4.78, 5) is 0. The number of hydrogen-bond acceptors (Lipinski definition) is 6. The van der Waals surface area contributed by atoms with Crippen LogP contribution in [-0.4, -0.2) is 70.9 Å². The van der Waals surface area contributed by atoms with Crippen LogP contribution in [0.15, 0.2) is 0 Å². The standard InChI is InChI=1S/C14H28O6/c15-5-3-6-16-8-9-17-10-11-18-12-13-20-14-4-1-2-7-19-14/h14-15H,1-13H2. The highest BCUT2D eigenvalue weighted by atomic mass is 16.7. The highest BCUT2D eigenvalue weighted by Gasteiger charge is 2.13. The molecule has 0 saturated carbocycles. The Morgan fingerprint density at radius 1 is 0.850 bits per heavy atom. The molecular weight excluding hydrogens is 264 g/mol. The maximum atomic E-state index is 8.55. The molecule has 1 heterocycles. The van der Waals surface area contributed by atoms with E-state index in [1.165, 1.54) is 6.42 Å². The van der Waals surface area contributed by atoms with Gasteiger partial charge in [-0.2, -0.15) is 0 Å². The Morgan fingerprint density at radius 2 is 1.50 bits per heavy atom. The third kappa shape index (κ3) is 10.5. The van der Waals surface area contributed by atoms with Gasteiger partial charge in [-0.1, -0.05) is 0 Å². The number of aliphatic hydroxyl groups excluding tert-OH is 1. The monoisotopic (exact) mass is 292 g/mol. The van der Waals surface area contributed by atoms with Crippen molar-refractivity contribution in [1.82, 2.24) is 0 Å². The Hall–Kier alpha value is -0.240. The van der Waals surface area contributed by atoms with Crippen molar-refractivity contribution in [2.75, 3.05) is 59.5 Å². The van der Waals surface area contributed by atoms with Crippen LogP contribution >= 0.6 is 0 Å². The molecule has 0 aromatic carbocycles. The maximum Gasteiger partial charge on any atom is 0.157 e. The van der Waals surface area contributed by atoms with Gasteiger partial charge in [-0.3, -0.25) is 0 Å². The summed E-state index contributed by atoms with van der Waals surface area (Å²) in [5.41, 5.74) is 0. The molecule has 1 saturated heterocycles. The summed E-state index contributed by atoms with van der Waals surface area (Å²) >= 11 is 0. The van der Waals surface area contributed by atoms with Crippen molar-refractivity contribution in [3.8, 4) is 0 Å². The first-order valence-corrected chi connectivity index (χ1v) is 7.51. The van der Waals surface area contributed by atoms with Crippen LogP contribution in [0.4, 0.5) is 0 Å². The van der Waals surface area contributed by atoms with Crippen LogP contribution in [0.2, 0.25) is 0 Å². The summed E-state index contributed by atoms with van der Waals surface area (Å²) in [7, 11) is 0. The Morgan fingerprint density at radius 3 is 2.10 bits per heavy atom. The summed E-state index contributed by atoms with van der Waals surface area (Å²) in [5.74, 6) is 0. The molecule has 1 aliphatic heterocycles. The van der Waals surface area contributed by atoms with E-state index in [1.54, 1.807) is 0 Å². The van der Waals surface area contributed by atoms with E-state index in [-0.39, 0.29) is 12.9 Å². The molecule has 1 unspecified atom stereocenters. The molecule has 1 atom stereocenters. The van der Waals surface area contributed by atoms with E-state index < -0.39 is 0 Å². The maximum absolute atomic E-state index is 8.55. The third-order valence-corrected chi connectivity index (χ3v) is 2.86. The Labute approximate surface area is 121 Å². The topological polar surface area (TPSA) is 66.4 Å². The van der Waals surface area contributed by atoms with Crippen molar-refractivity contribution in [3.05, 3.63) is 0 Å². The van der Waals surface area contributed by atoms with Gasteiger partial charge in [0.2, 0.25) is 0 Å². The molecule has 0 bridgehead atoms. The van der Waals surface area contributed by atoms with E-state index in [0.717, 1.165) is 19.4 Å². The lowest BCUT2D eigenvalue weighted by Gasteiger charge is -2.22. The van der Waals surface area contributed by atoms with E-state index in [2.05, 4.69) is 0 Å². The van der Waals surface area contributed by atoms with E-state index in [0.29, 0.717) is 52.7 Å². The molecule has 6 nitrogen and oxygen atoms in total. The second-order valence-electron chi connectivity index (χ2n) is 4.58. The summed E-state index contributed by atoms with van der Waals surface area (Å²) in [6, 6.07) is 0. The van der Waals surface area contributed by atoms with E-state index in [4.69, 9.17) is 28.8 Å². The number of ether oxygens (including phenoxy) is 5. The zero-order valence-corrected chi connectivity index (χ0v) is 12.3. The molecule has 0 aliphatic carbocycles. The SMILES string of the molecule is OCCCOCCOCCOCCOC1CCCCO1. The lowest BCUT2D eigenvalue weighted by atomic mass is 10.2. The number of hydrogen-bond donors (Lipinski definition) is 1. The van der Waals surface area contributed by atoms with Crippen molar-refractivity contribution in [2.45, 2.75) is 32.0 Å². The minimum atomic E-state index is -0.0420. The van der Waals surface area contributed by atoms with Gasteiger partial charge in [-0.15, -0.1) is 0 Å². The van der Waals surface area contributed by atoms with Crippen LogP contribution in [0.3, 0.4) is 0 Å². The van der Waals surface area contributed by atoms with Crippen LogP contribution in [0.25, 0.3) is 0 Å². The van der Waals surface area contributed by atoms with Gasteiger partial charge in [0.25, 0.3) is 0 Å². The van der Waals surface area contributed by atoms with Crippen molar-refractivity contribution >= 4 is 0 Å². The zero-order valence-electron chi connectivity index (χ0n) is 12.3. The summed E-state index contributed by atoms with van der Waals surface area (Å²) in [6.45, 7) is 4.92. The predicted molar refractivity (Wildman–Crippen MR) is 73.7 cm³/mol. The number of rotatable bonds is 13. The van der Waals surface area contributed by atoms with Gasteiger partial charge >= 0.3 is 0 Å². The van der Waals surface area contributed by atoms with Crippen molar-refractivity contribution < 1.29 is 28.8 Å². The van der Waals surface area contributed by atoms with Gasteiger partial charge in [0.1, 0.15) is 0 Å². The van der Waals surface area contributed by atoms with Crippen molar-refractivity contribution in [2.24, 2.45) is 0 Å². The molecule has 1 aliphatic rings. The van der Waals surface area contributed by atoms with Gasteiger partial charge < -0.3 is 28.8 Å². The van der Waals surface area contributed by atoms with Crippen molar-refractivity contribution in [1.29, 1.82) is 0 Å². The predicted octanol–water partition coefficient (Wildman–Crippen LogP) is 0.962. The van der Waals surface area contributed by atoms with Crippen LogP contribution in [0.5, 0.6) is 0 Å². The largest absolute Gasteiger partial charge is 0.396 e. The average molecular weight is 292 g/mol. The lowest BCUT2D eigenvalue weighted by Crippen LogP contribution is -2.24. The van der Waals surface area contributed by atoms with Crippen molar-refractivity contribution in [3.63, 3.8) is 0 Å². The fraction of sp³-hybridized carbons (Fsp3) is 1.00. The molecular formula is C14H28O6. The van der Waals surface area contributed by atoms with E-state index >= 15 is 0 Å². The normalized spacial score (nSPS) is 19.4. The molecule has 0 aromatic heterocycles. The van der Waals surface area contributed by atoms with E-state index in [9.17, 15) is 0 Å². The fourth-order valence-electron chi connectivity index (χ4n) is 1.79. The molecule has 0 aromatic rings. The Bertz CT molecular complexity index is 196. The number of aliphatic hydroxyl groups is 1. The summed E-state index contributed by atoms with van der Waals surface area (Å²) in [6.07, 6.45) is 3.93. The van der Waals surface area contributed by atoms with E-state index in [1.807, 2.05) is 0 Å². The first kappa shape index (κ1) is 17.8. The molecule has 120 valence electrons. The second kappa shape index (κ2) is 13.7. The highest BCUT2D eigenvalue weighted by Crippen LogP contribution is 2.13.